The first-order valence-corrected chi connectivity index (χ1v) is 10.4. The van der Waals surface area contributed by atoms with Gasteiger partial charge in [0.15, 0.2) is 0 Å². The third-order valence-electron chi connectivity index (χ3n) is 5.21. The summed E-state index contributed by atoms with van der Waals surface area (Å²) in [4.78, 5) is 15.2. The van der Waals surface area contributed by atoms with E-state index in [-0.39, 0.29) is 12.7 Å². The van der Waals surface area contributed by atoms with Crippen LogP contribution in [0.15, 0.2) is 54.6 Å². The van der Waals surface area contributed by atoms with Gasteiger partial charge in [-0.1, -0.05) is 63.2 Å². The summed E-state index contributed by atoms with van der Waals surface area (Å²) in [5, 5.41) is 11.5. The molecule has 2 unspecified atom stereocenters. The number of carbonyl (C=O) groups is 1. The van der Waals surface area contributed by atoms with Crippen molar-refractivity contribution in [2.45, 2.75) is 45.8 Å². The zero-order valence-corrected chi connectivity index (χ0v) is 17.9. The van der Waals surface area contributed by atoms with Crippen molar-refractivity contribution in [3.8, 4) is 5.75 Å². The van der Waals surface area contributed by atoms with Crippen LogP contribution in [0.2, 0.25) is 0 Å². The molecule has 2 aromatic carbocycles. The molecule has 2 aromatic rings. The van der Waals surface area contributed by atoms with E-state index in [1.807, 2.05) is 13.0 Å². The van der Waals surface area contributed by atoms with Crippen LogP contribution in [0, 0.1) is 0 Å². The van der Waals surface area contributed by atoms with E-state index in [2.05, 4.69) is 25.7 Å². The van der Waals surface area contributed by atoms with Crippen molar-refractivity contribution in [1.82, 2.24) is 4.90 Å². The van der Waals surface area contributed by atoms with Crippen molar-refractivity contribution in [2.75, 3.05) is 26.2 Å². The summed E-state index contributed by atoms with van der Waals surface area (Å²) < 4.78 is 11.3. The molecule has 29 heavy (non-hydrogen) atoms. The number of aliphatic hydroxyl groups is 1. The van der Waals surface area contributed by atoms with Crippen molar-refractivity contribution < 1.29 is 19.4 Å². The monoisotopic (exact) mass is 399 g/mol. The Balaban J connectivity index is 2.26. The predicted molar refractivity (Wildman–Crippen MR) is 115 cm³/mol. The van der Waals surface area contributed by atoms with Crippen LogP contribution in [0.3, 0.4) is 0 Å². The number of hydrogen-bond donors (Lipinski definition) is 1. The van der Waals surface area contributed by atoms with Crippen LogP contribution in [0.1, 0.15) is 45.2 Å². The average Bonchev–Trinajstić information content (AvgIpc) is 2.77. The maximum atomic E-state index is 13.0. The third kappa shape index (κ3) is 5.81. The summed E-state index contributed by atoms with van der Waals surface area (Å²) in [6.07, 6.45) is 0.994. The molecule has 0 amide bonds. The topological polar surface area (TPSA) is 59.0 Å². The second-order valence-corrected chi connectivity index (χ2v) is 7.10. The standard InChI is InChI=1S/C24H33NO4/c1-5-19(4)29-22-15-13-21(14-16-22)24(27,20-11-9-8-10-12-20)23(26)28-18-17-25(6-2)7-3/h8-16,19,27H,5-7,17-18H2,1-4H3. The number of esters is 1. The minimum Gasteiger partial charge on any atom is -0.491 e. The van der Waals surface area contributed by atoms with Crippen LogP contribution in [0.4, 0.5) is 0 Å². The van der Waals surface area contributed by atoms with E-state index >= 15 is 0 Å². The summed E-state index contributed by atoms with van der Waals surface area (Å²) in [7, 11) is 0. The Morgan fingerprint density at radius 2 is 1.59 bits per heavy atom. The first kappa shape index (κ1) is 22.9. The van der Waals surface area contributed by atoms with Crippen LogP contribution in [-0.2, 0) is 15.1 Å². The highest BCUT2D eigenvalue weighted by molar-refractivity contribution is 5.85. The summed E-state index contributed by atoms with van der Waals surface area (Å²) in [6.45, 7) is 10.8. The van der Waals surface area contributed by atoms with Crippen LogP contribution < -0.4 is 4.74 Å². The van der Waals surface area contributed by atoms with Gasteiger partial charge in [0, 0.05) is 6.54 Å². The smallest absolute Gasteiger partial charge is 0.347 e. The first-order chi connectivity index (χ1) is 13.9. The summed E-state index contributed by atoms with van der Waals surface area (Å²) in [5.41, 5.74) is -0.948. The van der Waals surface area contributed by atoms with Crippen LogP contribution in [-0.4, -0.2) is 48.3 Å². The molecule has 5 nitrogen and oxygen atoms in total. The van der Waals surface area contributed by atoms with Gasteiger partial charge in [0.1, 0.15) is 12.4 Å². The Morgan fingerprint density at radius 1 is 1.00 bits per heavy atom. The Morgan fingerprint density at radius 3 is 2.14 bits per heavy atom. The lowest BCUT2D eigenvalue weighted by molar-refractivity contribution is -0.162. The van der Waals surface area contributed by atoms with E-state index in [0.717, 1.165) is 19.5 Å². The zero-order valence-electron chi connectivity index (χ0n) is 17.9. The zero-order chi connectivity index (χ0) is 21.3. The van der Waals surface area contributed by atoms with Gasteiger partial charge in [0.2, 0.25) is 5.60 Å². The molecule has 0 heterocycles. The Labute approximate surface area is 174 Å². The van der Waals surface area contributed by atoms with Gasteiger partial charge in [0.25, 0.3) is 0 Å². The van der Waals surface area contributed by atoms with Gasteiger partial charge >= 0.3 is 5.97 Å². The van der Waals surface area contributed by atoms with E-state index < -0.39 is 11.6 Å². The average molecular weight is 400 g/mol. The molecule has 158 valence electrons. The summed E-state index contributed by atoms with van der Waals surface area (Å²) in [5.74, 6) is 0.0277. The Kier molecular flexibility index (Phi) is 8.68. The minimum atomic E-state index is -1.88. The minimum absolute atomic E-state index is 0.0962. The molecule has 5 heteroatoms. The molecular weight excluding hydrogens is 366 g/mol. The molecule has 0 fully saturated rings. The number of benzene rings is 2. The maximum absolute atomic E-state index is 13.0. The van der Waals surface area contributed by atoms with Gasteiger partial charge in [-0.2, -0.15) is 0 Å². The molecule has 1 N–H and O–H groups in total. The van der Waals surface area contributed by atoms with Crippen LogP contribution in [0.25, 0.3) is 0 Å². The van der Waals surface area contributed by atoms with E-state index in [4.69, 9.17) is 9.47 Å². The fourth-order valence-electron chi connectivity index (χ4n) is 3.08. The van der Waals surface area contributed by atoms with E-state index in [9.17, 15) is 9.90 Å². The van der Waals surface area contributed by atoms with Gasteiger partial charge < -0.3 is 19.5 Å². The van der Waals surface area contributed by atoms with E-state index in [1.54, 1.807) is 48.5 Å². The highest BCUT2D eigenvalue weighted by Crippen LogP contribution is 2.32. The normalized spacial score (nSPS) is 14.3. The lowest BCUT2D eigenvalue weighted by Crippen LogP contribution is -2.40. The van der Waals surface area contributed by atoms with Crippen molar-refractivity contribution in [3.63, 3.8) is 0 Å². The van der Waals surface area contributed by atoms with Gasteiger partial charge in [-0.25, -0.2) is 4.79 Å². The van der Waals surface area contributed by atoms with Crippen molar-refractivity contribution in [2.24, 2.45) is 0 Å². The molecule has 0 bridgehead atoms. The van der Waals surface area contributed by atoms with Crippen molar-refractivity contribution in [3.05, 3.63) is 65.7 Å². The molecule has 0 aliphatic heterocycles. The molecule has 0 saturated carbocycles. The first-order valence-electron chi connectivity index (χ1n) is 10.4. The Bertz CT molecular complexity index is 743. The fourth-order valence-corrected chi connectivity index (χ4v) is 3.08. The quantitative estimate of drug-likeness (QED) is 0.579. The van der Waals surface area contributed by atoms with E-state index in [0.29, 0.717) is 23.4 Å². The second kappa shape index (κ2) is 11.0. The molecule has 0 aromatic heterocycles. The lowest BCUT2D eigenvalue weighted by Gasteiger charge is -2.28. The number of likely N-dealkylation sites (N-methyl/N-ethyl adjacent to an activating group) is 1. The molecule has 0 radical (unpaired) electrons. The molecule has 0 aliphatic carbocycles. The summed E-state index contributed by atoms with van der Waals surface area (Å²) >= 11 is 0. The number of nitrogens with zero attached hydrogens (tertiary/aromatic N) is 1. The summed E-state index contributed by atoms with van der Waals surface area (Å²) in [6, 6.07) is 15.9. The van der Waals surface area contributed by atoms with Crippen LogP contribution in [0.5, 0.6) is 5.75 Å². The lowest BCUT2D eigenvalue weighted by atomic mass is 9.86. The fraction of sp³-hybridized carbons (Fsp3) is 0.458. The SMILES string of the molecule is CCC(C)Oc1ccc(C(O)(C(=O)OCCN(CC)CC)c2ccccc2)cc1. The van der Waals surface area contributed by atoms with Gasteiger partial charge in [0.05, 0.1) is 6.10 Å². The van der Waals surface area contributed by atoms with Gasteiger partial charge in [-0.3, -0.25) is 0 Å². The molecule has 0 saturated heterocycles. The van der Waals surface area contributed by atoms with Crippen LogP contribution >= 0.6 is 0 Å². The third-order valence-corrected chi connectivity index (χ3v) is 5.21. The number of ether oxygens (including phenoxy) is 2. The van der Waals surface area contributed by atoms with Gasteiger partial charge in [-0.15, -0.1) is 0 Å². The molecule has 2 rings (SSSR count). The number of rotatable bonds is 11. The van der Waals surface area contributed by atoms with Crippen molar-refractivity contribution in [1.29, 1.82) is 0 Å². The predicted octanol–water partition coefficient (Wildman–Crippen LogP) is 3.98. The van der Waals surface area contributed by atoms with Crippen molar-refractivity contribution >= 4 is 5.97 Å². The number of carbonyl (C=O) groups excluding carboxylic acids is 1. The van der Waals surface area contributed by atoms with Gasteiger partial charge in [-0.05, 0) is 49.7 Å². The molecule has 2 atom stereocenters. The largest absolute Gasteiger partial charge is 0.491 e. The molecule has 0 spiro atoms. The second-order valence-electron chi connectivity index (χ2n) is 7.10. The Hall–Kier alpha value is -2.37. The maximum Gasteiger partial charge on any atom is 0.347 e. The number of hydrogen-bond acceptors (Lipinski definition) is 5. The van der Waals surface area contributed by atoms with E-state index in [1.165, 1.54) is 0 Å². The molecule has 0 aliphatic rings. The highest BCUT2D eigenvalue weighted by Gasteiger charge is 2.41. The highest BCUT2D eigenvalue weighted by atomic mass is 16.5. The molecular formula is C24H33NO4.